The van der Waals surface area contributed by atoms with Crippen molar-refractivity contribution < 1.29 is 9.53 Å². The Morgan fingerprint density at radius 2 is 2.10 bits per heavy atom. The Kier molecular flexibility index (Phi) is 3.65. The molecule has 108 valence electrons. The third kappa shape index (κ3) is 2.51. The van der Waals surface area contributed by atoms with Crippen molar-refractivity contribution in [3.05, 3.63) is 59.2 Å². The van der Waals surface area contributed by atoms with E-state index in [0.717, 1.165) is 30.6 Å². The lowest BCUT2D eigenvalue weighted by Crippen LogP contribution is -2.28. The molecule has 0 bridgehead atoms. The summed E-state index contributed by atoms with van der Waals surface area (Å²) in [6.45, 7) is 2.99. The number of hydrogen-bond acceptors (Lipinski definition) is 3. The van der Waals surface area contributed by atoms with Crippen molar-refractivity contribution in [2.75, 3.05) is 12.0 Å². The molecule has 3 rings (SSSR count). The molecule has 0 aliphatic carbocycles. The van der Waals surface area contributed by atoms with E-state index in [4.69, 9.17) is 4.74 Å². The smallest absolute Gasteiger partial charge is 0.150 e. The van der Waals surface area contributed by atoms with E-state index in [9.17, 15) is 4.79 Å². The average molecular weight is 281 g/mol. The van der Waals surface area contributed by atoms with Crippen LogP contribution in [-0.4, -0.2) is 19.4 Å². The minimum Gasteiger partial charge on any atom is -0.496 e. The first-order chi connectivity index (χ1) is 10.2. The molecule has 3 heteroatoms. The monoisotopic (exact) mass is 281 g/mol. The standard InChI is InChI=1S/C18H19NO2/c1-13-9-15-5-3-4-6-17(15)19(13)11-16-10-14(12-20)7-8-18(16)21-2/h3-8,10,12-13H,9,11H2,1-2H3. The van der Waals surface area contributed by atoms with Gasteiger partial charge in [0.2, 0.25) is 0 Å². The van der Waals surface area contributed by atoms with Gasteiger partial charge in [0.1, 0.15) is 12.0 Å². The van der Waals surface area contributed by atoms with E-state index in [1.54, 1.807) is 13.2 Å². The van der Waals surface area contributed by atoms with Gasteiger partial charge in [0.15, 0.2) is 0 Å². The number of carbonyl (C=O) groups excluding carboxylic acids is 1. The topological polar surface area (TPSA) is 29.5 Å². The number of carbonyl (C=O) groups is 1. The molecule has 1 unspecified atom stereocenters. The SMILES string of the molecule is COc1ccc(C=O)cc1CN1c2ccccc2CC1C. The van der Waals surface area contributed by atoms with Crippen LogP contribution in [0.15, 0.2) is 42.5 Å². The van der Waals surface area contributed by atoms with E-state index < -0.39 is 0 Å². The summed E-state index contributed by atoms with van der Waals surface area (Å²) in [5.74, 6) is 0.831. The molecule has 1 aliphatic rings. The Hall–Kier alpha value is -2.29. The van der Waals surface area contributed by atoms with Crippen LogP contribution in [0.5, 0.6) is 5.75 Å². The van der Waals surface area contributed by atoms with Gasteiger partial charge in [-0.2, -0.15) is 0 Å². The maximum atomic E-state index is 11.0. The summed E-state index contributed by atoms with van der Waals surface area (Å²) in [6.07, 6.45) is 1.94. The van der Waals surface area contributed by atoms with Gasteiger partial charge < -0.3 is 9.64 Å². The van der Waals surface area contributed by atoms with Crippen LogP contribution in [0.1, 0.15) is 28.4 Å². The van der Waals surface area contributed by atoms with Gasteiger partial charge in [0.05, 0.1) is 7.11 Å². The highest BCUT2D eigenvalue weighted by Crippen LogP contribution is 2.34. The first-order valence-electron chi connectivity index (χ1n) is 7.19. The van der Waals surface area contributed by atoms with E-state index in [0.29, 0.717) is 11.6 Å². The normalized spacial score (nSPS) is 16.7. The summed E-state index contributed by atoms with van der Waals surface area (Å²) in [5, 5.41) is 0. The average Bonchev–Trinajstić information content (AvgIpc) is 2.83. The lowest BCUT2D eigenvalue weighted by Gasteiger charge is -2.26. The molecule has 0 saturated heterocycles. The zero-order chi connectivity index (χ0) is 14.8. The minimum absolute atomic E-state index is 0.451. The van der Waals surface area contributed by atoms with Crippen LogP contribution in [0.2, 0.25) is 0 Å². The zero-order valence-corrected chi connectivity index (χ0v) is 12.4. The van der Waals surface area contributed by atoms with Gasteiger partial charge in [-0.25, -0.2) is 0 Å². The molecule has 1 atom stereocenters. The Labute approximate surface area is 125 Å². The van der Waals surface area contributed by atoms with Gasteiger partial charge in [-0.3, -0.25) is 4.79 Å². The Bertz CT molecular complexity index is 666. The summed E-state index contributed by atoms with van der Waals surface area (Å²) < 4.78 is 5.44. The molecule has 0 aromatic heterocycles. The van der Waals surface area contributed by atoms with Crippen LogP contribution >= 0.6 is 0 Å². The maximum Gasteiger partial charge on any atom is 0.150 e. The molecular weight excluding hydrogens is 262 g/mol. The lowest BCUT2D eigenvalue weighted by atomic mass is 10.1. The Morgan fingerprint density at radius 3 is 2.86 bits per heavy atom. The highest BCUT2D eigenvalue weighted by atomic mass is 16.5. The van der Waals surface area contributed by atoms with E-state index in [2.05, 4.69) is 36.1 Å². The summed E-state index contributed by atoms with van der Waals surface area (Å²) in [7, 11) is 1.67. The zero-order valence-electron chi connectivity index (χ0n) is 12.4. The molecule has 0 radical (unpaired) electrons. The van der Waals surface area contributed by atoms with Crippen LogP contribution in [0.4, 0.5) is 5.69 Å². The van der Waals surface area contributed by atoms with E-state index in [1.807, 2.05) is 12.1 Å². The predicted octanol–water partition coefficient (Wildman–Crippen LogP) is 3.46. The number of para-hydroxylation sites is 1. The van der Waals surface area contributed by atoms with Crippen LogP contribution < -0.4 is 9.64 Å². The number of anilines is 1. The molecule has 3 nitrogen and oxygen atoms in total. The third-order valence-electron chi connectivity index (χ3n) is 4.13. The first kappa shape index (κ1) is 13.7. The number of benzene rings is 2. The summed E-state index contributed by atoms with van der Waals surface area (Å²) >= 11 is 0. The fourth-order valence-corrected chi connectivity index (χ4v) is 3.05. The van der Waals surface area contributed by atoms with Gasteiger partial charge >= 0.3 is 0 Å². The number of methoxy groups -OCH3 is 1. The van der Waals surface area contributed by atoms with Crippen molar-refractivity contribution in [3.8, 4) is 5.75 Å². The van der Waals surface area contributed by atoms with Crippen LogP contribution in [0, 0.1) is 0 Å². The van der Waals surface area contributed by atoms with Crippen molar-refractivity contribution in [1.29, 1.82) is 0 Å². The van der Waals surface area contributed by atoms with Gasteiger partial charge in [-0.05, 0) is 43.2 Å². The van der Waals surface area contributed by atoms with Crippen molar-refractivity contribution in [2.24, 2.45) is 0 Å². The molecule has 1 heterocycles. The van der Waals surface area contributed by atoms with E-state index in [1.165, 1.54) is 11.3 Å². The largest absolute Gasteiger partial charge is 0.496 e. The van der Waals surface area contributed by atoms with Crippen LogP contribution in [-0.2, 0) is 13.0 Å². The van der Waals surface area contributed by atoms with Gasteiger partial charge in [-0.1, -0.05) is 18.2 Å². The third-order valence-corrected chi connectivity index (χ3v) is 4.13. The van der Waals surface area contributed by atoms with Gasteiger partial charge in [0, 0.05) is 29.4 Å². The summed E-state index contributed by atoms with van der Waals surface area (Å²) in [4.78, 5) is 13.4. The molecule has 0 N–H and O–H groups in total. The number of rotatable bonds is 4. The first-order valence-corrected chi connectivity index (χ1v) is 7.19. The highest BCUT2D eigenvalue weighted by Gasteiger charge is 2.26. The molecule has 21 heavy (non-hydrogen) atoms. The lowest BCUT2D eigenvalue weighted by molar-refractivity contribution is 0.112. The second-order valence-corrected chi connectivity index (χ2v) is 5.50. The van der Waals surface area contributed by atoms with Crippen molar-refractivity contribution in [1.82, 2.24) is 0 Å². The molecule has 0 spiro atoms. The Morgan fingerprint density at radius 1 is 1.29 bits per heavy atom. The number of ether oxygens (including phenoxy) is 1. The molecule has 0 saturated carbocycles. The van der Waals surface area contributed by atoms with Crippen molar-refractivity contribution in [3.63, 3.8) is 0 Å². The number of hydrogen-bond donors (Lipinski definition) is 0. The fraction of sp³-hybridized carbons (Fsp3) is 0.278. The van der Waals surface area contributed by atoms with Crippen molar-refractivity contribution in [2.45, 2.75) is 25.9 Å². The fourth-order valence-electron chi connectivity index (χ4n) is 3.05. The van der Waals surface area contributed by atoms with Gasteiger partial charge in [-0.15, -0.1) is 0 Å². The van der Waals surface area contributed by atoms with Crippen LogP contribution in [0.3, 0.4) is 0 Å². The van der Waals surface area contributed by atoms with Crippen LogP contribution in [0.25, 0.3) is 0 Å². The molecular formula is C18H19NO2. The predicted molar refractivity (Wildman–Crippen MR) is 84.2 cm³/mol. The summed E-state index contributed by atoms with van der Waals surface area (Å²) in [6, 6.07) is 14.5. The second-order valence-electron chi connectivity index (χ2n) is 5.50. The quantitative estimate of drug-likeness (QED) is 0.804. The number of aldehydes is 1. The second kappa shape index (κ2) is 5.60. The molecule has 1 aliphatic heterocycles. The molecule has 2 aromatic rings. The van der Waals surface area contributed by atoms with E-state index in [-0.39, 0.29) is 0 Å². The van der Waals surface area contributed by atoms with Crippen molar-refractivity contribution >= 4 is 12.0 Å². The highest BCUT2D eigenvalue weighted by molar-refractivity contribution is 5.75. The Balaban J connectivity index is 1.95. The molecule has 0 fully saturated rings. The minimum atomic E-state index is 0.451. The van der Waals surface area contributed by atoms with E-state index >= 15 is 0 Å². The summed E-state index contributed by atoms with van der Waals surface area (Å²) in [5.41, 5.74) is 4.40. The van der Waals surface area contributed by atoms with Gasteiger partial charge in [0.25, 0.3) is 0 Å². The number of nitrogens with zero attached hydrogens (tertiary/aromatic N) is 1. The maximum absolute atomic E-state index is 11.0. The molecule has 0 amide bonds. The molecule has 2 aromatic carbocycles. The number of fused-ring (bicyclic) bond motifs is 1.